The highest BCUT2D eigenvalue weighted by atomic mass is 16.5. The molecule has 0 aliphatic heterocycles. The van der Waals surface area contributed by atoms with Crippen LogP contribution in [0, 0.1) is 22.7 Å². The lowest BCUT2D eigenvalue weighted by atomic mass is 9.86. The van der Waals surface area contributed by atoms with E-state index >= 15 is 0 Å². The van der Waals surface area contributed by atoms with E-state index in [2.05, 4.69) is 55.4 Å². The van der Waals surface area contributed by atoms with Gasteiger partial charge in [-0.2, -0.15) is 0 Å². The van der Waals surface area contributed by atoms with Crippen LogP contribution in [0.5, 0.6) is 0 Å². The van der Waals surface area contributed by atoms with E-state index < -0.39 is 0 Å². The van der Waals surface area contributed by atoms with Gasteiger partial charge in [-0.15, -0.1) is 0 Å². The number of esters is 2. The van der Waals surface area contributed by atoms with Gasteiger partial charge in [-0.25, -0.2) is 0 Å². The van der Waals surface area contributed by atoms with Crippen molar-refractivity contribution in [1.82, 2.24) is 0 Å². The summed E-state index contributed by atoms with van der Waals surface area (Å²) < 4.78 is 10.8. The third kappa shape index (κ3) is 20.2. The second-order valence-corrected chi connectivity index (χ2v) is 11.7. The molecule has 0 aromatic carbocycles. The van der Waals surface area contributed by atoms with Gasteiger partial charge < -0.3 is 9.47 Å². The van der Waals surface area contributed by atoms with Gasteiger partial charge in [0.1, 0.15) is 0 Å². The van der Waals surface area contributed by atoms with Crippen molar-refractivity contribution in [2.24, 2.45) is 22.7 Å². The Balaban J connectivity index is 3.57. The molecule has 0 N–H and O–H groups in total. The molecule has 2 unspecified atom stereocenters. The van der Waals surface area contributed by atoms with Crippen LogP contribution >= 0.6 is 0 Å². The van der Waals surface area contributed by atoms with E-state index in [-0.39, 0.29) is 22.8 Å². The molecule has 4 heteroatoms. The number of rotatable bonds is 15. The molecule has 0 rings (SSSR count). The molecule has 0 aliphatic rings. The fourth-order valence-corrected chi connectivity index (χ4v) is 4.07. The molecule has 178 valence electrons. The molecule has 0 spiro atoms. The third-order valence-electron chi connectivity index (χ3n) is 4.99. The molecule has 0 radical (unpaired) electrons. The van der Waals surface area contributed by atoms with Gasteiger partial charge in [0.25, 0.3) is 0 Å². The third-order valence-corrected chi connectivity index (χ3v) is 4.99. The van der Waals surface area contributed by atoms with Gasteiger partial charge in [-0.3, -0.25) is 9.59 Å². The van der Waals surface area contributed by atoms with E-state index in [1.165, 1.54) is 0 Å². The van der Waals surface area contributed by atoms with Crippen LogP contribution < -0.4 is 0 Å². The van der Waals surface area contributed by atoms with Crippen LogP contribution in [0.3, 0.4) is 0 Å². The second kappa shape index (κ2) is 14.9. The van der Waals surface area contributed by atoms with Gasteiger partial charge in [0, 0.05) is 12.8 Å². The molecule has 0 bridgehead atoms. The van der Waals surface area contributed by atoms with Crippen LogP contribution in [0.2, 0.25) is 0 Å². The molecular formula is C26H50O4. The van der Waals surface area contributed by atoms with E-state index in [4.69, 9.17) is 9.47 Å². The smallest absolute Gasteiger partial charge is 0.305 e. The summed E-state index contributed by atoms with van der Waals surface area (Å²) in [6.07, 6.45) is 9.22. The van der Waals surface area contributed by atoms with Crippen LogP contribution in [0.25, 0.3) is 0 Å². The quantitative estimate of drug-likeness (QED) is 0.203. The zero-order valence-electron chi connectivity index (χ0n) is 21.3. The van der Waals surface area contributed by atoms with E-state index in [0.29, 0.717) is 37.9 Å². The number of hydrogen-bond acceptors (Lipinski definition) is 4. The van der Waals surface area contributed by atoms with Gasteiger partial charge in [0.05, 0.1) is 13.2 Å². The van der Waals surface area contributed by atoms with Gasteiger partial charge in [-0.05, 0) is 48.3 Å². The van der Waals surface area contributed by atoms with E-state index in [1.54, 1.807) is 0 Å². The molecule has 0 aliphatic carbocycles. The molecule has 0 aromatic rings. The predicted octanol–water partition coefficient (Wildman–Crippen LogP) is 7.34. The highest BCUT2D eigenvalue weighted by Crippen LogP contribution is 2.25. The fraction of sp³-hybridized carbons (Fsp3) is 0.923. The van der Waals surface area contributed by atoms with Crippen molar-refractivity contribution >= 4 is 11.9 Å². The van der Waals surface area contributed by atoms with Crippen molar-refractivity contribution in [3.05, 3.63) is 0 Å². The maximum atomic E-state index is 11.8. The van der Waals surface area contributed by atoms with Gasteiger partial charge in [0.2, 0.25) is 0 Å². The number of ether oxygens (including phenoxy) is 2. The molecule has 4 nitrogen and oxygen atoms in total. The first-order valence-corrected chi connectivity index (χ1v) is 12.1. The molecule has 2 atom stereocenters. The SMILES string of the molecule is CC(COC(=O)CCCCCCCCC(=O)OCC(C)CC(C)(C)C)CC(C)(C)C. The van der Waals surface area contributed by atoms with Crippen molar-refractivity contribution in [2.75, 3.05) is 13.2 Å². The monoisotopic (exact) mass is 426 g/mol. The Morgan fingerprint density at radius 2 is 0.900 bits per heavy atom. The maximum Gasteiger partial charge on any atom is 0.305 e. The Bertz CT molecular complexity index is 426. The number of carbonyl (C=O) groups is 2. The summed E-state index contributed by atoms with van der Waals surface area (Å²) in [5.41, 5.74) is 0.542. The average molecular weight is 427 g/mol. The summed E-state index contributed by atoms with van der Waals surface area (Å²) in [6.45, 7) is 18.6. The highest BCUT2D eigenvalue weighted by molar-refractivity contribution is 5.69. The van der Waals surface area contributed by atoms with E-state index in [0.717, 1.165) is 51.4 Å². The Morgan fingerprint density at radius 1 is 0.600 bits per heavy atom. The lowest BCUT2D eigenvalue weighted by molar-refractivity contribution is -0.146. The number of unbranched alkanes of at least 4 members (excludes halogenated alkanes) is 5. The average Bonchev–Trinajstić information content (AvgIpc) is 2.57. The first kappa shape index (κ1) is 28.9. The summed E-state index contributed by atoms with van der Waals surface area (Å²) >= 11 is 0. The highest BCUT2D eigenvalue weighted by Gasteiger charge is 2.17. The lowest BCUT2D eigenvalue weighted by Gasteiger charge is -2.22. The number of carbonyl (C=O) groups excluding carboxylic acids is 2. The summed E-state index contributed by atoms with van der Waals surface area (Å²) in [6, 6.07) is 0. The minimum Gasteiger partial charge on any atom is -0.465 e. The van der Waals surface area contributed by atoms with Crippen molar-refractivity contribution in [2.45, 2.75) is 120 Å². The molecule has 30 heavy (non-hydrogen) atoms. The fourth-order valence-electron chi connectivity index (χ4n) is 4.07. The molecular weight excluding hydrogens is 376 g/mol. The van der Waals surface area contributed by atoms with E-state index in [9.17, 15) is 9.59 Å². The Labute approximate surface area is 186 Å². The molecule has 0 saturated carbocycles. The zero-order valence-corrected chi connectivity index (χ0v) is 21.3. The molecule has 0 heterocycles. The summed E-state index contributed by atoms with van der Waals surface area (Å²) in [5.74, 6) is 0.670. The number of hydrogen-bond donors (Lipinski definition) is 0. The van der Waals surface area contributed by atoms with Crippen molar-refractivity contribution in [3.63, 3.8) is 0 Å². The molecule has 0 saturated heterocycles. The minimum absolute atomic E-state index is 0.0702. The predicted molar refractivity (Wildman–Crippen MR) is 125 cm³/mol. The Morgan fingerprint density at radius 3 is 1.20 bits per heavy atom. The van der Waals surface area contributed by atoms with Gasteiger partial charge >= 0.3 is 11.9 Å². The molecule has 0 aromatic heterocycles. The van der Waals surface area contributed by atoms with Crippen molar-refractivity contribution < 1.29 is 19.1 Å². The van der Waals surface area contributed by atoms with E-state index in [1.807, 2.05) is 0 Å². The largest absolute Gasteiger partial charge is 0.465 e. The van der Waals surface area contributed by atoms with Gasteiger partial charge in [-0.1, -0.05) is 81.1 Å². The molecule has 0 fully saturated rings. The Kier molecular flexibility index (Phi) is 14.3. The standard InChI is InChI=1S/C26H50O4/c1-21(17-25(3,4)5)19-29-23(27)15-13-11-9-10-12-14-16-24(28)30-20-22(2)18-26(6,7)8/h21-22H,9-20H2,1-8H3. The summed E-state index contributed by atoms with van der Waals surface area (Å²) in [5, 5.41) is 0. The zero-order chi connectivity index (χ0) is 23.2. The Hall–Kier alpha value is -1.06. The minimum atomic E-state index is -0.0702. The second-order valence-electron chi connectivity index (χ2n) is 11.7. The van der Waals surface area contributed by atoms with Crippen LogP contribution in [0.4, 0.5) is 0 Å². The normalized spacial score (nSPS) is 14.3. The van der Waals surface area contributed by atoms with Crippen LogP contribution in [-0.4, -0.2) is 25.2 Å². The lowest BCUT2D eigenvalue weighted by Crippen LogP contribution is -2.17. The summed E-state index contributed by atoms with van der Waals surface area (Å²) in [7, 11) is 0. The van der Waals surface area contributed by atoms with Crippen molar-refractivity contribution in [1.29, 1.82) is 0 Å². The van der Waals surface area contributed by atoms with Crippen LogP contribution in [-0.2, 0) is 19.1 Å². The van der Waals surface area contributed by atoms with Crippen LogP contribution in [0.15, 0.2) is 0 Å². The van der Waals surface area contributed by atoms with Crippen molar-refractivity contribution in [3.8, 4) is 0 Å². The maximum absolute atomic E-state index is 11.8. The first-order valence-electron chi connectivity index (χ1n) is 12.1. The summed E-state index contributed by atoms with van der Waals surface area (Å²) in [4.78, 5) is 23.7. The topological polar surface area (TPSA) is 52.6 Å². The molecule has 0 amide bonds. The van der Waals surface area contributed by atoms with Gasteiger partial charge in [0.15, 0.2) is 0 Å². The first-order chi connectivity index (χ1) is 13.8. The van der Waals surface area contributed by atoms with Crippen LogP contribution in [0.1, 0.15) is 120 Å².